The number of thiophene rings is 1. The molecule has 23 heavy (non-hydrogen) atoms. The van der Waals surface area contributed by atoms with E-state index in [1.807, 2.05) is 0 Å². The Labute approximate surface area is 137 Å². The van der Waals surface area contributed by atoms with Crippen LogP contribution in [0.15, 0.2) is 17.5 Å². The predicted molar refractivity (Wildman–Crippen MR) is 81.5 cm³/mol. The molecule has 0 radical (unpaired) electrons. The first-order chi connectivity index (χ1) is 10.6. The monoisotopic (exact) mass is 367 g/mol. The van der Waals surface area contributed by atoms with Crippen molar-refractivity contribution in [1.82, 2.24) is 0 Å². The largest absolute Gasteiger partial charge is 0.741 e. The zero-order valence-corrected chi connectivity index (χ0v) is 14.0. The molecule has 0 aliphatic carbocycles. The highest BCUT2D eigenvalue weighted by Crippen LogP contribution is 2.20. The van der Waals surface area contributed by atoms with E-state index in [0.717, 1.165) is 13.0 Å². The summed E-state index contributed by atoms with van der Waals surface area (Å²) in [5.74, 6) is 6.56. The van der Waals surface area contributed by atoms with Gasteiger partial charge in [-0.25, -0.2) is 13.0 Å². The number of hydrogen-bond donors (Lipinski definition) is 0. The average molecular weight is 367 g/mol. The molecular formula is C14H16F3NO3S2. The van der Waals surface area contributed by atoms with Gasteiger partial charge in [-0.1, -0.05) is 6.07 Å². The quantitative estimate of drug-likeness (QED) is 0.307. The van der Waals surface area contributed by atoms with E-state index < -0.39 is 15.6 Å². The summed E-state index contributed by atoms with van der Waals surface area (Å²) in [4.78, 5) is 1.17. The van der Waals surface area contributed by atoms with Crippen molar-refractivity contribution >= 4 is 27.2 Å². The fourth-order valence-corrected chi connectivity index (χ4v) is 2.36. The molecule has 0 bridgehead atoms. The zero-order chi connectivity index (χ0) is 17.5. The lowest BCUT2D eigenvalue weighted by Crippen LogP contribution is -2.21. The van der Waals surface area contributed by atoms with Crippen LogP contribution in [0.1, 0.15) is 30.6 Å². The molecule has 9 heteroatoms. The number of nitrogens with zero attached hydrogens (tertiary/aromatic N) is 1. The van der Waals surface area contributed by atoms with Crippen molar-refractivity contribution in [2.45, 2.75) is 31.2 Å². The second-order valence-electron chi connectivity index (χ2n) is 4.81. The normalized spacial score (nSPS) is 15.9. The highest BCUT2D eigenvalue weighted by molar-refractivity contribution is 7.86. The first kappa shape index (κ1) is 19.7. The Balaban J connectivity index is 0.000000284. The minimum atomic E-state index is -6.09. The van der Waals surface area contributed by atoms with E-state index in [1.165, 1.54) is 29.9 Å². The molecule has 1 aromatic heterocycles. The average Bonchev–Trinajstić information content (AvgIpc) is 2.85. The first-order valence-electron chi connectivity index (χ1n) is 6.76. The molecule has 0 atom stereocenters. The van der Waals surface area contributed by atoms with Gasteiger partial charge < -0.3 is 4.55 Å². The lowest BCUT2D eigenvalue weighted by Gasteiger charge is -2.08. The van der Waals surface area contributed by atoms with E-state index in [0.29, 0.717) is 0 Å². The zero-order valence-electron chi connectivity index (χ0n) is 12.4. The third-order valence-corrected chi connectivity index (χ3v) is 4.35. The van der Waals surface area contributed by atoms with E-state index in [9.17, 15) is 13.2 Å². The highest BCUT2D eigenvalue weighted by Gasteiger charge is 2.36. The van der Waals surface area contributed by atoms with E-state index >= 15 is 0 Å². The molecule has 1 aliphatic rings. The van der Waals surface area contributed by atoms with Crippen molar-refractivity contribution in [2.24, 2.45) is 0 Å². The van der Waals surface area contributed by atoms with Gasteiger partial charge in [0.1, 0.15) is 13.6 Å². The van der Waals surface area contributed by atoms with Gasteiger partial charge in [-0.15, -0.1) is 11.3 Å². The Hall–Kier alpha value is -1.37. The second kappa shape index (κ2) is 8.47. The molecule has 0 aromatic carbocycles. The van der Waals surface area contributed by atoms with Gasteiger partial charge >= 0.3 is 5.51 Å². The van der Waals surface area contributed by atoms with Gasteiger partial charge in [0, 0.05) is 18.8 Å². The van der Waals surface area contributed by atoms with Gasteiger partial charge in [0.15, 0.2) is 10.1 Å². The Kier molecular flexibility index (Phi) is 7.25. The van der Waals surface area contributed by atoms with Crippen LogP contribution >= 0.6 is 11.3 Å². The number of halogens is 3. The van der Waals surface area contributed by atoms with Gasteiger partial charge in [0.05, 0.1) is 4.88 Å². The van der Waals surface area contributed by atoms with Crippen molar-refractivity contribution in [3.8, 4) is 11.8 Å². The Morgan fingerprint density at radius 2 is 1.91 bits per heavy atom. The van der Waals surface area contributed by atoms with Crippen LogP contribution in [0.25, 0.3) is 0 Å². The molecule has 0 saturated heterocycles. The maximum absolute atomic E-state index is 10.7. The van der Waals surface area contributed by atoms with Crippen LogP contribution in [0.5, 0.6) is 0 Å². The SMILES string of the molecule is C[N+]1=C(C#Cc2cccs2)CCCCC1.O=S(=O)([O-])C(F)(F)F. The highest BCUT2D eigenvalue weighted by atomic mass is 32.2. The van der Waals surface area contributed by atoms with E-state index in [2.05, 4.69) is 41.0 Å². The third kappa shape index (κ3) is 7.16. The number of rotatable bonds is 0. The smallest absolute Gasteiger partial charge is 0.485 e. The van der Waals surface area contributed by atoms with Gasteiger partial charge in [0.25, 0.3) is 0 Å². The van der Waals surface area contributed by atoms with E-state index in [1.54, 1.807) is 11.3 Å². The van der Waals surface area contributed by atoms with E-state index in [4.69, 9.17) is 13.0 Å². The topological polar surface area (TPSA) is 60.2 Å². The standard InChI is InChI=1S/C13H16NS.CHF3O3S/c1-14-10-4-2-3-6-12(14)8-9-13-7-5-11-15-13;2-1(3,4)8(5,6)7/h5,7,11H,2-4,6,10H2,1H3;(H,5,6,7)/q+1;/p-1. The van der Waals surface area contributed by atoms with Crippen molar-refractivity contribution in [1.29, 1.82) is 0 Å². The molecule has 1 aromatic rings. The molecular weight excluding hydrogens is 351 g/mol. The predicted octanol–water partition coefficient (Wildman–Crippen LogP) is 2.81. The summed E-state index contributed by atoms with van der Waals surface area (Å²) in [7, 11) is -3.93. The minimum absolute atomic E-state index is 1.15. The second-order valence-corrected chi connectivity index (χ2v) is 7.12. The molecule has 2 rings (SSSR count). The summed E-state index contributed by atoms with van der Waals surface area (Å²) < 4.78 is 61.2. The molecule has 0 N–H and O–H groups in total. The number of hydrogen-bond acceptors (Lipinski definition) is 4. The first-order valence-corrected chi connectivity index (χ1v) is 9.04. The summed E-state index contributed by atoms with van der Waals surface area (Å²) in [6, 6.07) is 4.13. The summed E-state index contributed by atoms with van der Waals surface area (Å²) in [5, 5.41) is 2.07. The van der Waals surface area contributed by atoms with Crippen molar-refractivity contribution in [3.63, 3.8) is 0 Å². The third-order valence-electron chi connectivity index (χ3n) is 3.00. The Morgan fingerprint density at radius 3 is 2.43 bits per heavy atom. The maximum Gasteiger partial charge on any atom is 0.485 e. The molecule has 0 amide bonds. The molecule has 4 nitrogen and oxygen atoms in total. The molecule has 1 aliphatic heterocycles. The molecule has 2 heterocycles. The molecule has 0 unspecified atom stereocenters. The Bertz CT molecular complexity index is 696. The summed E-state index contributed by atoms with van der Waals surface area (Å²) in [6.45, 7) is 1.16. The van der Waals surface area contributed by atoms with E-state index in [-0.39, 0.29) is 0 Å². The van der Waals surface area contributed by atoms with Crippen LogP contribution in [-0.2, 0) is 10.1 Å². The lowest BCUT2D eigenvalue weighted by molar-refractivity contribution is -0.496. The lowest BCUT2D eigenvalue weighted by atomic mass is 10.1. The molecule has 0 fully saturated rings. The molecule has 0 saturated carbocycles. The fraction of sp³-hybridized carbons (Fsp3) is 0.500. The minimum Gasteiger partial charge on any atom is -0.741 e. The molecule has 0 spiro atoms. The van der Waals surface area contributed by atoms with Gasteiger partial charge in [-0.05, 0) is 30.2 Å². The van der Waals surface area contributed by atoms with Crippen LogP contribution in [0.3, 0.4) is 0 Å². The summed E-state index contributed by atoms with van der Waals surface area (Å²) in [6.07, 6.45) is 5.09. The fourth-order valence-electron chi connectivity index (χ4n) is 1.79. The summed E-state index contributed by atoms with van der Waals surface area (Å²) in [5.41, 5.74) is -4.34. The van der Waals surface area contributed by atoms with Crippen molar-refractivity contribution < 1.29 is 30.7 Å². The van der Waals surface area contributed by atoms with Crippen LogP contribution in [0.4, 0.5) is 13.2 Å². The number of alkyl halides is 3. The van der Waals surface area contributed by atoms with Gasteiger partial charge in [-0.2, -0.15) is 13.2 Å². The van der Waals surface area contributed by atoms with Crippen molar-refractivity contribution in [2.75, 3.05) is 13.6 Å². The van der Waals surface area contributed by atoms with Crippen LogP contribution < -0.4 is 0 Å². The van der Waals surface area contributed by atoms with Gasteiger partial charge in [0.2, 0.25) is 5.71 Å². The van der Waals surface area contributed by atoms with Crippen molar-refractivity contribution in [3.05, 3.63) is 22.4 Å². The van der Waals surface area contributed by atoms with Crippen LogP contribution in [0, 0.1) is 11.8 Å². The Morgan fingerprint density at radius 1 is 1.26 bits per heavy atom. The molecule has 128 valence electrons. The summed E-state index contributed by atoms with van der Waals surface area (Å²) >= 11 is 1.71. The van der Waals surface area contributed by atoms with Gasteiger partial charge in [-0.3, -0.25) is 0 Å². The van der Waals surface area contributed by atoms with Crippen LogP contribution in [-0.4, -0.2) is 42.4 Å². The van der Waals surface area contributed by atoms with Crippen LogP contribution in [0.2, 0.25) is 0 Å². The maximum atomic E-state index is 10.7.